The van der Waals surface area contributed by atoms with Crippen molar-refractivity contribution >= 4 is 38.3 Å². The zero-order chi connectivity index (χ0) is 22.9. The lowest BCUT2D eigenvalue weighted by molar-refractivity contribution is -0.117. The Hall–Kier alpha value is -3.33. The van der Waals surface area contributed by atoms with Gasteiger partial charge < -0.3 is 10.1 Å². The van der Waals surface area contributed by atoms with Crippen LogP contribution in [0.25, 0.3) is 10.8 Å². The summed E-state index contributed by atoms with van der Waals surface area (Å²) < 4.78 is 49.3. The van der Waals surface area contributed by atoms with Gasteiger partial charge in [0.2, 0.25) is 0 Å². The zero-order valence-electron chi connectivity index (χ0n) is 17.8. The number of rotatable bonds is 7. The van der Waals surface area contributed by atoms with Crippen LogP contribution in [-0.2, 0) is 21.6 Å². The summed E-state index contributed by atoms with van der Waals surface area (Å²) >= 11 is 0. The van der Waals surface area contributed by atoms with Crippen molar-refractivity contribution in [2.45, 2.75) is 20.5 Å². The minimum Gasteiger partial charge on any atom is -0.487 e. The minimum atomic E-state index is -4.22. The Labute approximate surface area is 186 Å². The number of anilines is 2. The molecule has 0 unspecified atom stereocenters. The monoisotopic (exact) mass is 457 g/mol. The van der Waals surface area contributed by atoms with Gasteiger partial charge in [0.15, 0.2) is 5.82 Å². The number of benzene rings is 3. The van der Waals surface area contributed by atoms with Crippen molar-refractivity contribution < 1.29 is 22.3 Å². The second kappa shape index (κ2) is 8.66. The number of hydrogen-bond acceptors (Lipinski definition) is 5. The number of nitrogens with zero attached hydrogens (tertiary/aromatic N) is 1. The van der Waals surface area contributed by atoms with Gasteiger partial charge in [0.1, 0.15) is 24.6 Å². The highest BCUT2D eigenvalue weighted by atomic mass is 32.2. The van der Waals surface area contributed by atoms with Crippen LogP contribution >= 0.6 is 0 Å². The van der Waals surface area contributed by atoms with Crippen molar-refractivity contribution in [1.29, 1.82) is 0 Å². The van der Waals surface area contributed by atoms with Crippen LogP contribution in [-0.4, -0.2) is 27.4 Å². The average Bonchev–Trinajstić information content (AvgIpc) is 3.03. The molecule has 0 radical (unpaired) electrons. The third-order valence-corrected chi connectivity index (χ3v) is 6.42. The maximum atomic E-state index is 15.8. The predicted octanol–water partition coefficient (Wildman–Crippen LogP) is 3.81. The van der Waals surface area contributed by atoms with E-state index in [1.807, 2.05) is 41.1 Å². The van der Waals surface area contributed by atoms with Crippen LogP contribution in [0.15, 0.2) is 54.6 Å². The first-order valence-corrected chi connectivity index (χ1v) is 11.7. The molecule has 0 atom stereocenters. The smallest absolute Gasteiger partial charge is 0.326 e. The summed E-state index contributed by atoms with van der Waals surface area (Å²) in [6.07, 6.45) is 0. The molecule has 1 saturated heterocycles. The van der Waals surface area contributed by atoms with Crippen LogP contribution in [0.4, 0.5) is 15.8 Å². The lowest BCUT2D eigenvalue weighted by Gasteiger charge is -2.21. The van der Waals surface area contributed by atoms with E-state index >= 15 is 4.39 Å². The van der Waals surface area contributed by atoms with E-state index < -0.39 is 28.5 Å². The van der Waals surface area contributed by atoms with Gasteiger partial charge in [0, 0.05) is 17.6 Å². The van der Waals surface area contributed by atoms with Gasteiger partial charge in [-0.15, -0.1) is 0 Å². The average molecular weight is 458 g/mol. The molecule has 32 heavy (non-hydrogen) atoms. The molecule has 4 rings (SSSR count). The molecule has 1 aliphatic heterocycles. The van der Waals surface area contributed by atoms with Crippen LogP contribution in [0.3, 0.4) is 0 Å². The van der Waals surface area contributed by atoms with E-state index in [2.05, 4.69) is 19.2 Å². The Bertz CT molecular complexity index is 1260. The largest absolute Gasteiger partial charge is 0.487 e. The fraction of sp³-hybridized carbons (Fsp3) is 0.261. The van der Waals surface area contributed by atoms with E-state index in [0.717, 1.165) is 9.87 Å². The van der Waals surface area contributed by atoms with E-state index in [1.54, 1.807) is 18.2 Å². The Morgan fingerprint density at radius 3 is 2.56 bits per heavy atom. The SMILES string of the molecule is CC(C)CNc1ccc2cc(OCc3ccccc3)c(N3CC(=O)NS3(=O)=O)c(F)c2c1. The summed E-state index contributed by atoms with van der Waals surface area (Å²) in [6, 6.07) is 16.1. The molecule has 1 fully saturated rings. The van der Waals surface area contributed by atoms with Gasteiger partial charge >= 0.3 is 10.2 Å². The van der Waals surface area contributed by atoms with Gasteiger partial charge in [0.25, 0.3) is 5.91 Å². The minimum absolute atomic E-state index is 0.0433. The van der Waals surface area contributed by atoms with Crippen molar-refractivity contribution in [3.05, 3.63) is 66.0 Å². The summed E-state index contributed by atoms with van der Waals surface area (Å²) in [7, 11) is -4.22. The summed E-state index contributed by atoms with van der Waals surface area (Å²) in [5.41, 5.74) is 1.27. The molecule has 3 aromatic rings. The zero-order valence-corrected chi connectivity index (χ0v) is 18.6. The normalized spacial score (nSPS) is 15.2. The first-order valence-electron chi connectivity index (χ1n) is 10.2. The summed E-state index contributed by atoms with van der Waals surface area (Å²) in [4.78, 5) is 11.8. The molecule has 0 spiro atoms. The molecule has 1 heterocycles. The number of ether oxygens (including phenoxy) is 1. The van der Waals surface area contributed by atoms with Crippen molar-refractivity contribution in [1.82, 2.24) is 4.72 Å². The second-order valence-corrected chi connectivity index (χ2v) is 9.65. The standard InChI is InChI=1S/C23H24FN3O4S/c1-15(2)12-25-18-9-8-17-10-20(31-14-16-6-4-3-5-7-16)23(22(24)19(17)11-18)27-13-21(28)26-32(27,29)30/h3-11,15,25H,12-14H2,1-2H3,(H,26,28). The fourth-order valence-corrected chi connectivity index (χ4v) is 4.63. The van der Waals surface area contributed by atoms with Crippen molar-refractivity contribution in [3.63, 3.8) is 0 Å². The van der Waals surface area contributed by atoms with Gasteiger partial charge in [-0.3, -0.25) is 4.79 Å². The van der Waals surface area contributed by atoms with Crippen LogP contribution < -0.4 is 19.1 Å². The molecule has 9 heteroatoms. The van der Waals surface area contributed by atoms with Gasteiger partial charge in [0.05, 0.1) is 0 Å². The molecule has 0 bridgehead atoms. The highest BCUT2D eigenvalue weighted by Gasteiger charge is 2.38. The van der Waals surface area contributed by atoms with Gasteiger partial charge in [-0.2, -0.15) is 8.42 Å². The molecule has 0 aliphatic carbocycles. The Balaban J connectivity index is 1.81. The highest BCUT2D eigenvalue weighted by molar-refractivity contribution is 7.92. The third-order valence-electron chi connectivity index (χ3n) is 5.04. The molecule has 2 N–H and O–H groups in total. The third kappa shape index (κ3) is 4.47. The molecular weight excluding hydrogens is 433 g/mol. The molecule has 3 aromatic carbocycles. The quantitative estimate of drug-likeness (QED) is 0.563. The van der Waals surface area contributed by atoms with Gasteiger partial charge in [-0.05, 0) is 35.1 Å². The van der Waals surface area contributed by atoms with E-state index in [4.69, 9.17) is 4.74 Å². The van der Waals surface area contributed by atoms with Crippen LogP contribution in [0.2, 0.25) is 0 Å². The molecule has 7 nitrogen and oxygen atoms in total. The van der Waals surface area contributed by atoms with E-state index in [1.165, 1.54) is 0 Å². The molecule has 0 saturated carbocycles. The van der Waals surface area contributed by atoms with Gasteiger partial charge in [-0.1, -0.05) is 50.2 Å². The fourth-order valence-electron chi connectivity index (χ4n) is 3.47. The number of nitrogens with one attached hydrogen (secondary N) is 2. The van der Waals surface area contributed by atoms with Crippen molar-refractivity contribution in [3.8, 4) is 5.75 Å². The highest BCUT2D eigenvalue weighted by Crippen LogP contribution is 2.40. The molecule has 1 aliphatic rings. The Kier molecular flexibility index (Phi) is 5.92. The van der Waals surface area contributed by atoms with E-state index in [0.29, 0.717) is 23.5 Å². The Morgan fingerprint density at radius 1 is 1.16 bits per heavy atom. The molecule has 168 valence electrons. The predicted molar refractivity (Wildman–Crippen MR) is 122 cm³/mol. The maximum Gasteiger partial charge on any atom is 0.326 e. The lowest BCUT2D eigenvalue weighted by atomic mass is 10.1. The topological polar surface area (TPSA) is 87.7 Å². The lowest BCUT2D eigenvalue weighted by Crippen LogP contribution is -2.30. The number of carbonyl (C=O) groups excluding carboxylic acids is 1. The first kappa shape index (κ1) is 21.9. The number of hydrogen-bond donors (Lipinski definition) is 2. The Morgan fingerprint density at radius 2 is 1.91 bits per heavy atom. The van der Waals surface area contributed by atoms with Crippen LogP contribution in [0.1, 0.15) is 19.4 Å². The number of carbonyl (C=O) groups is 1. The molecule has 1 amide bonds. The first-order chi connectivity index (χ1) is 15.2. The maximum absolute atomic E-state index is 15.8. The molecular formula is C23H24FN3O4S. The summed E-state index contributed by atoms with van der Waals surface area (Å²) in [6.45, 7) is 4.42. The van der Waals surface area contributed by atoms with Crippen LogP contribution in [0.5, 0.6) is 5.75 Å². The van der Waals surface area contributed by atoms with Gasteiger partial charge in [-0.25, -0.2) is 13.4 Å². The number of halogens is 1. The summed E-state index contributed by atoms with van der Waals surface area (Å²) in [5.74, 6) is -1.06. The number of amides is 1. The second-order valence-electron chi connectivity index (χ2n) is 8.06. The molecule has 0 aromatic heterocycles. The van der Waals surface area contributed by atoms with E-state index in [-0.39, 0.29) is 23.4 Å². The van der Waals surface area contributed by atoms with Crippen LogP contribution in [0, 0.1) is 11.7 Å². The van der Waals surface area contributed by atoms with E-state index in [9.17, 15) is 13.2 Å². The van der Waals surface area contributed by atoms with Crippen molar-refractivity contribution in [2.24, 2.45) is 5.92 Å². The number of fused-ring (bicyclic) bond motifs is 1. The summed E-state index contributed by atoms with van der Waals surface area (Å²) in [5, 5.41) is 4.03. The van der Waals surface area contributed by atoms with Crippen molar-refractivity contribution in [2.75, 3.05) is 22.7 Å².